The standard InChI is InChI=1S/C32H35Cl2F2N5O4S/c1-15-10-40(31(43)45-32(3,4)5)16(2)9-39(15)29-19-7-21(34)26(18-6-20(33)23(36)8-22(18)35)28-27(19)41(30(42)37-29)17(14-46-28)11-38-12-25-24(38)13-44-25/h6-8,15-17,24-25H,9-14H2,1-5H3/t15-,16+,17-,24?,25?/m0/s1. The van der Waals surface area contributed by atoms with E-state index in [4.69, 9.17) is 32.7 Å². The van der Waals surface area contributed by atoms with Crippen LogP contribution >= 0.6 is 35.0 Å². The summed E-state index contributed by atoms with van der Waals surface area (Å²) in [5.41, 5.74) is -0.0387. The van der Waals surface area contributed by atoms with Gasteiger partial charge in [0, 0.05) is 71.5 Å². The number of likely N-dealkylation sites (tertiary alicyclic amines) is 1. The van der Waals surface area contributed by atoms with Crippen molar-refractivity contribution in [1.82, 2.24) is 19.4 Å². The topological polar surface area (TPSA) is 80.1 Å². The van der Waals surface area contributed by atoms with Gasteiger partial charge in [-0.2, -0.15) is 4.98 Å². The molecule has 2 aromatic carbocycles. The molecule has 1 aromatic heterocycles. The molecule has 3 aromatic rings. The molecule has 4 aliphatic heterocycles. The molecule has 46 heavy (non-hydrogen) atoms. The molecule has 3 saturated heterocycles. The van der Waals surface area contributed by atoms with Crippen molar-refractivity contribution in [2.75, 3.05) is 43.4 Å². The van der Waals surface area contributed by atoms with E-state index in [1.165, 1.54) is 17.8 Å². The Morgan fingerprint density at radius 2 is 1.85 bits per heavy atom. The molecule has 0 saturated carbocycles. The summed E-state index contributed by atoms with van der Waals surface area (Å²) in [6.07, 6.45) is -0.145. The van der Waals surface area contributed by atoms with Gasteiger partial charge >= 0.3 is 11.8 Å². The highest BCUT2D eigenvalue weighted by Gasteiger charge is 2.48. The Labute approximate surface area is 279 Å². The third-order valence-corrected chi connectivity index (χ3v) is 11.1. The number of amides is 1. The number of piperazine rings is 1. The van der Waals surface area contributed by atoms with Crippen LogP contribution in [-0.4, -0.2) is 93.8 Å². The quantitative estimate of drug-likeness (QED) is 0.299. The first-order valence-electron chi connectivity index (χ1n) is 15.4. The Morgan fingerprint density at radius 1 is 1.09 bits per heavy atom. The molecule has 0 radical (unpaired) electrons. The number of morpholine rings is 1. The molecule has 4 aliphatic rings. The van der Waals surface area contributed by atoms with E-state index in [1.807, 2.05) is 39.5 Å². The highest BCUT2D eigenvalue weighted by molar-refractivity contribution is 7.99. The lowest BCUT2D eigenvalue weighted by Gasteiger charge is -2.55. The molecule has 0 N–H and O–H groups in total. The van der Waals surface area contributed by atoms with Crippen LogP contribution in [0.15, 0.2) is 27.9 Å². The minimum absolute atomic E-state index is 0.0572. The SMILES string of the molecule is C[C@@H]1CN(c2nc(=O)n3c4c(c(-c5cc(Cl)c(F)cc5F)c(Cl)cc24)SC[C@@H]3CN2CC3OCC32)[C@@H](C)CN1C(=O)OC(C)(C)C. The second-order valence-corrected chi connectivity index (χ2v) is 15.5. The number of rotatable bonds is 4. The number of nitrogens with zero attached hydrogens (tertiary/aromatic N) is 5. The number of benzene rings is 2. The molecule has 1 amide bonds. The van der Waals surface area contributed by atoms with Gasteiger partial charge in [0.2, 0.25) is 0 Å². The zero-order valence-electron chi connectivity index (χ0n) is 26.2. The summed E-state index contributed by atoms with van der Waals surface area (Å²) in [6.45, 7) is 12.3. The maximum absolute atomic E-state index is 15.4. The lowest BCUT2D eigenvalue weighted by atomic mass is 9.94. The van der Waals surface area contributed by atoms with Crippen LogP contribution < -0.4 is 10.6 Å². The van der Waals surface area contributed by atoms with Gasteiger partial charge in [0.15, 0.2) is 0 Å². The molecule has 9 nitrogen and oxygen atoms in total. The molecular weight excluding hydrogens is 659 g/mol. The zero-order valence-corrected chi connectivity index (χ0v) is 28.5. The summed E-state index contributed by atoms with van der Waals surface area (Å²) < 4.78 is 42.5. The van der Waals surface area contributed by atoms with E-state index in [9.17, 15) is 14.0 Å². The average Bonchev–Trinajstić information content (AvgIpc) is 2.95. The van der Waals surface area contributed by atoms with Gasteiger partial charge in [0.25, 0.3) is 0 Å². The van der Waals surface area contributed by atoms with E-state index < -0.39 is 29.0 Å². The molecule has 2 unspecified atom stereocenters. The van der Waals surface area contributed by atoms with Gasteiger partial charge in [-0.3, -0.25) is 9.47 Å². The molecule has 5 atom stereocenters. The third-order valence-electron chi connectivity index (χ3n) is 9.29. The highest BCUT2D eigenvalue weighted by Crippen LogP contribution is 2.49. The number of hydrogen-bond acceptors (Lipinski definition) is 8. The van der Waals surface area contributed by atoms with E-state index in [-0.39, 0.29) is 39.8 Å². The summed E-state index contributed by atoms with van der Waals surface area (Å²) in [5, 5.41) is 0.646. The Morgan fingerprint density at radius 3 is 2.50 bits per heavy atom. The second kappa shape index (κ2) is 11.5. The summed E-state index contributed by atoms with van der Waals surface area (Å²) in [6, 6.07) is 3.40. The average molecular weight is 695 g/mol. The van der Waals surface area contributed by atoms with E-state index in [2.05, 4.69) is 9.88 Å². The van der Waals surface area contributed by atoms with E-state index in [0.717, 1.165) is 12.6 Å². The van der Waals surface area contributed by atoms with E-state index in [0.29, 0.717) is 65.2 Å². The molecular formula is C32H35Cl2F2N5O4S. The Hall–Kier alpha value is -2.64. The Kier molecular flexibility index (Phi) is 7.99. The molecule has 5 heterocycles. The largest absolute Gasteiger partial charge is 0.444 e. The van der Waals surface area contributed by atoms with Crippen molar-refractivity contribution in [3.8, 4) is 11.1 Å². The van der Waals surface area contributed by atoms with Gasteiger partial charge in [-0.1, -0.05) is 23.2 Å². The number of thioether (sulfide) groups is 1. The van der Waals surface area contributed by atoms with Crippen LogP contribution in [-0.2, 0) is 9.47 Å². The van der Waals surface area contributed by atoms with Gasteiger partial charge in [0.05, 0.1) is 40.4 Å². The summed E-state index contributed by atoms with van der Waals surface area (Å²) in [7, 11) is 0. The lowest BCUT2D eigenvalue weighted by Crippen LogP contribution is -2.71. The van der Waals surface area contributed by atoms with Crippen LogP contribution in [0.5, 0.6) is 0 Å². The summed E-state index contributed by atoms with van der Waals surface area (Å²) in [5.74, 6) is -0.693. The number of aromatic nitrogens is 2. The van der Waals surface area contributed by atoms with Crippen LogP contribution in [0.2, 0.25) is 10.0 Å². The fourth-order valence-corrected chi connectivity index (χ4v) is 8.77. The molecule has 246 valence electrons. The fourth-order valence-electron chi connectivity index (χ4n) is 6.92. The minimum Gasteiger partial charge on any atom is -0.444 e. The maximum Gasteiger partial charge on any atom is 0.410 e. The molecule has 3 fully saturated rings. The van der Waals surface area contributed by atoms with Crippen molar-refractivity contribution >= 4 is 57.8 Å². The van der Waals surface area contributed by atoms with Gasteiger partial charge in [-0.25, -0.2) is 18.4 Å². The van der Waals surface area contributed by atoms with Crippen LogP contribution in [0, 0.1) is 11.6 Å². The van der Waals surface area contributed by atoms with Crippen molar-refractivity contribution < 1.29 is 23.0 Å². The minimum atomic E-state index is -0.869. The number of hydrogen-bond donors (Lipinski definition) is 0. The van der Waals surface area contributed by atoms with Crippen molar-refractivity contribution in [2.45, 2.75) is 75.4 Å². The van der Waals surface area contributed by atoms with Crippen molar-refractivity contribution in [3.05, 3.63) is 50.4 Å². The monoisotopic (exact) mass is 693 g/mol. The molecule has 0 aliphatic carbocycles. The fraction of sp³-hybridized carbons (Fsp3) is 0.531. The number of ether oxygens (including phenoxy) is 2. The third kappa shape index (κ3) is 5.34. The number of fused-ring (bicyclic) bond motifs is 1. The maximum atomic E-state index is 15.4. The lowest BCUT2D eigenvalue weighted by molar-refractivity contribution is -0.216. The Bertz CT molecular complexity index is 1820. The molecule has 14 heteroatoms. The van der Waals surface area contributed by atoms with Gasteiger partial charge in [-0.05, 0) is 46.8 Å². The van der Waals surface area contributed by atoms with Crippen LogP contribution in [0.3, 0.4) is 0 Å². The van der Waals surface area contributed by atoms with E-state index >= 15 is 4.39 Å². The highest BCUT2D eigenvalue weighted by atomic mass is 35.5. The number of carbonyl (C=O) groups excluding carboxylic acids is 1. The smallest absolute Gasteiger partial charge is 0.410 e. The summed E-state index contributed by atoms with van der Waals surface area (Å²) in [4.78, 5) is 38.5. The van der Waals surface area contributed by atoms with Gasteiger partial charge in [-0.15, -0.1) is 11.8 Å². The number of carbonyl (C=O) groups is 1. The van der Waals surface area contributed by atoms with Crippen LogP contribution in [0.1, 0.15) is 40.7 Å². The number of halogens is 4. The number of anilines is 1. The first kappa shape index (κ1) is 31.9. The van der Waals surface area contributed by atoms with Crippen molar-refractivity contribution in [2.24, 2.45) is 0 Å². The van der Waals surface area contributed by atoms with Crippen LogP contribution in [0.4, 0.5) is 19.4 Å². The summed E-state index contributed by atoms with van der Waals surface area (Å²) >= 11 is 14.6. The predicted octanol–water partition coefficient (Wildman–Crippen LogP) is 6.21. The Balaban J connectivity index is 1.36. The molecule has 0 spiro atoms. The van der Waals surface area contributed by atoms with E-state index in [1.54, 1.807) is 15.5 Å². The van der Waals surface area contributed by atoms with Gasteiger partial charge in [0.1, 0.15) is 23.1 Å². The first-order valence-corrected chi connectivity index (χ1v) is 17.1. The zero-order chi connectivity index (χ0) is 32.8. The molecule has 7 rings (SSSR count). The predicted molar refractivity (Wildman–Crippen MR) is 175 cm³/mol. The van der Waals surface area contributed by atoms with Crippen LogP contribution in [0.25, 0.3) is 22.0 Å². The first-order chi connectivity index (χ1) is 21.7. The van der Waals surface area contributed by atoms with Gasteiger partial charge < -0.3 is 19.3 Å². The van der Waals surface area contributed by atoms with Crippen molar-refractivity contribution in [3.63, 3.8) is 0 Å². The van der Waals surface area contributed by atoms with Crippen molar-refractivity contribution in [1.29, 1.82) is 0 Å². The normalized spacial score (nSPS) is 26.1. The second-order valence-electron chi connectivity index (χ2n) is 13.6. The molecule has 0 bridgehead atoms.